The highest BCUT2D eigenvalue weighted by atomic mass is 16.7. The summed E-state index contributed by atoms with van der Waals surface area (Å²) in [5, 5.41) is 0. The fraction of sp³-hybridized carbons (Fsp3) is 0.214. The lowest BCUT2D eigenvalue weighted by Gasteiger charge is -2.06. The van der Waals surface area contributed by atoms with E-state index in [1.807, 2.05) is 0 Å². The third kappa shape index (κ3) is 2.86. The van der Waals surface area contributed by atoms with Crippen LogP contribution in [0.25, 0.3) is 0 Å². The van der Waals surface area contributed by atoms with E-state index in [2.05, 4.69) is 9.97 Å². The van der Waals surface area contributed by atoms with Gasteiger partial charge in [-0.15, -0.1) is 0 Å². The first-order valence-electron chi connectivity index (χ1n) is 6.34. The third-order valence-electron chi connectivity index (χ3n) is 2.67. The normalized spacial score (nSPS) is 12.0. The van der Waals surface area contributed by atoms with Crippen LogP contribution >= 0.6 is 0 Å². The first kappa shape index (κ1) is 13.2. The molecule has 2 heterocycles. The maximum Gasteiger partial charge on any atom is 0.357 e. The number of nitrogens with zero attached hydrogens (tertiary/aromatic N) is 2. The van der Waals surface area contributed by atoms with Crippen LogP contribution in [0.2, 0.25) is 0 Å². The van der Waals surface area contributed by atoms with Gasteiger partial charge in [0.25, 0.3) is 0 Å². The zero-order valence-electron chi connectivity index (χ0n) is 11.2. The second-order valence-electron chi connectivity index (χ2n) is 4.06. The van der Waals surface area contributed by atoms with E-state index in [0.717, 1.165) is 0 Å². The Hall–Kier alpha value is -2.83. The number of esters is 1. The molecule has 0 unspecified atom stereocenters. The van der Waals surface area contributed by atoms with Crippen LogP contribution in [-0.2, 0) is 4.74 Å². The molecule has 7 heteroatoms. The van der Waals surface area contributed by atoms with Crippen LogP contribution in [0.3, 0.4) is 0 Å². The molecule has 0 saturated heterocycles. The van der Waals surface area contributed by atoms with Crippen LogP contribution in [0.5, 0.6) is 23.3 Å². The van der Waals surface area contributed by atoms with Crippen molar-refractivity contribution in [3.8, 4) is 23.3 Å². The highest BCUT2D eigenvalue weighted by molar-refractivity contribution is 5.87. The smallest absolute Gasteiger partial charge is 0.357 e. The molecule has 0 saturated carbocycles. The number of fused-ring (bicyclic) bond motifs is 1. The zero-order chi connectivity index (χ0) is 14.7. The molecule has 108 valence electrons. The average Bonchev–Trinajstić information content (AvgIpc) is 2.95. The van der Waals surface area contributed by atoms with Crippen molar-refractivity contribution < 1.29 is 23.7 Å². The summed E-state index contributed by atoms with van der Waals surface area (Å²) in [6.45, 7) is 2.19. The van der Waals surface area contributed by atoms with Gasteiger partial charge in [-0.1, -0.05) is 0 Å². The molecule has 0 fully saturated rings. The molecule has 21 heavy (non-hydrogen) atoms. The molecule has 0 spiro atoms. The second-order valence-corrected chi connectivity index (χ2v) is 4.06. The molecular formula is C14H12N2O5. The lowest BCUT2D eigenvalue weighted by Crippen LogP contribution is -2.08. The Labute approximate surface area is 120 Å². The molecule has 1 aliphatic rings. The summed E-state index contributed by atoms with van der Waals surface area (Å²) >= 11 is 0. The predicted molar refractivity (Wildman–Crippen MR) is 70.6 cm³/mol. The molecule has 0 N–H and O–H groups in total. The molecule has 0 aliphatic carbocycles. The quantitative estimate of drug-likeness (QED) is 0.797. The molecule has 1 aromatic carbocycles. The van der Waals surface area contributed by atoms with Crippen molar-refractivity contribution >= 4 is 5.97 Å². The topological polar surface area (TPSA) is 79.8 Å². The molecule has 1 aliphatic heterocycles. The van der Waals surface area contributed by atoms with Crippen molar-refractivity contribution in [3.63, 3.8) is 0 Å². The second kappa shape index (κ2) is 5.66. The minimum atomic E-state index is -0.518. The monoisotopic (exact) mass is 288 g/mol. The summed E-state index contributed by atoms with van der Waals surface area (Å²) in [7, 11) is 0. The summed E-state index contributed by atoms with van der Waals surface area (Å²) in [4.78, 5) is 19.6. The van der Waals surface area contributed by atoms with Crippen LogP contribution < -0.4 is 14.2 Å². The molecule has 1 aromatic heterocycles. The number of aromatic nitrogens is 2. The summed E-state index contributed by atoms with van der Waals surface area (Å²) in [5.74, 6) is 1.22. The number of hydrogen-bond acceptors (Lipinski definition) is 7. The Morgan fingerprint density at radius 2 is 2.14 bits per heavy atom. The van der Waals surface area contributed by atoms with E-state index in [0.29, 0.717) is 17.2 Å². The Morgan fingerprint density at radius 1 is 1.29 bits per heavy atom. The van der Waals surface area contributed by atoms with E-state index in [-0.39, 0.29) is 25.1 Å². The van der Waals surface area contributed by atoms with Gasteiger partial charge in [0.15, 0.2) is 17.2 Å². The number of rotatable bonds is 4. The third-order valence-corrected chi connectivity index (χ3v) is 2.67. The van der Waals surface area contributed by atoms with Crippen molar-refractivity contribution in [2.45, 2.75) is 6.92 Å². The standard InChI is InChI=1S/C14H12N2O5/c1-2-18-13(17)10-5-6-15-14(16-10)21-9-3-4-11-12(7-9)20-8-19-11/h3-7H,2,8H2,1H3. The Balaban J connectivity index is 1.78. The number of ether oxygens (including phenoxy) is 4. The van der Waals surface area contributed by atoms with Crippen LogP contribution in [0.1, 0.15) is 17.4 Å². The van der Waals surface area contributed by atoms with Gasteiger partial charge in [-0.05, 0) is 25.1 Å². The van der Waals surface area contributed by atoms with Gasteiger partial charge in [0.05, 0.1) is 6.61 Å². The highest BCUT2D eigenvalue weighted by Crippen LogP contribution is 2.36. The van der Waals surface area contributed by atoms with Gasteiger partial charge >= 0.3 is 12.0 Å². The lowest BCUT2D eigenvalue weighted by atomic mass is 10.3. The Kier molecular flexibility index (Phi) is 3.55. The van der Waals surface area contributed by atoms with Gasteiger partial charge in [-0.25, -0.2) is 9.78 Å². The van der Waals surface area contributed by atoms with Crippen molar-refractivity contribution in [1.29, 1.82) is 0 Å². The fourth-order valence-electron chi connectivity index (χ4n) is 1.75. The molecule has 0 radical (unpaired) electrons. The maximum absolute atomic E-state index is 11.6. The van der Waals surface area contributed by atoms with E-state index in [9.17, 15) is 4.79 Å². The van der Waals surface area contributed by atoms with Gasteiger partial charge < -0.3 is 18.9 Å². The first-order valence-corrected chi connectivity index (χ1v) is 6.34. The van der Waals surface area contributed by atoms with Gasteiger partial charge in [0, 0.05) is 12.3 Å². The van der Waals surface area contributed by atoms with Gasteiger partial charge in [-0.2, -0.15) is 4.98 Å². The number of carbonyl (C=O) groups excluding carboxylic acids is 1. The first-order chi connectivity index (χ1) is 10.3. The van der Waals surface area contributed by atoms with Crippen LogP contribution in [0.4, 0.5) is 0 Å². The van der Waals surface area contributed by atoms with Crippen molar-refractivity contribution in [2.24, 2.45) is 0 Å². The minimum absolute atomic E-state index is 0.0550. The molecular weight excluding hydrogens is 276 g/mol. The highest BCUT2D eigenvalue weighted by Gasteiger charge is 2.15. The fourth-order valence-corrected chi connectivity index (χ4v) is 1.75. The molecule has 7 nitrogen and oxygen atoms in total. The van der Waals surface area contributed by atoms with Gasteiger partial charge in [0.2, 0.25) is 6.79 Å². The summed E-state index contributed by atoms with van der Waals surface area (Å²) in [6.07, 6.45) is 1.43. The van der Waals surface area contributed by atoms with Gasteiger partial charge in [-0.3, -0.25) is 0 Å². The van der Waals surface area contributed by atoms with Gasteiger partial charge in [0.1, 0.15) is 5.75 Å². The van der Waals surface area contributed by atoms with Crippen LogP contribution in [-0.4, -0.2) is 29.3 Å². The number of carbonyl (C=O) groups is 1. The molecule has 0 bridgehead atoms. The van der Waals surface area contributed by atoms with E-state index in [1.54, 1.807) is 25.1 Å². The minimum Gasteiger partial charge on any atom is -0.461 e. The average molecular weight is 288 g/mol. The SMILES string of the molecule is CCOC(=O)c1ccnc(Oc2ccc3c(c2)OCO3)n1. The largest absolute Gasteiger partial charge is 0.461 e. The number of benzene rings is 1. The summed E-state index contributed by atoms with van der Waals surface area (Å²) < 4.78 is 20.8. The Bertz CT molecular complexity index is 674. The van der Waals surface area contributed by atoms with E-state index >= 15 is 0 Å². The van der Waals surface area contributed by atoms with E-state index in [4.69, 9.17) is 18.9 Å². The van der Waals surface area contributed by atoms with Crippen LogP contribution in [0.15, 0.2) is 30.5 Å². The van der Waals surface area contributed by atoms with Crippen molar-refractivity contribution in [2.75, 3.05) is 13.4 Å². The summed E-state index contributed by atoms with van der Waals surface area (Å²) in [5.41, 5.74) is 0.141. The molecule has 0 atom stereocenters. The lowest BCUT2D eigenvalue weighted by molar-refractivity contribution is 0.0518. The number of hydrogen-bond donors (Lipinski definition) is 0. The molecule has 3 rings (SSSR count). The maximum atomic E-state index is 11.6. The molecule has 2 aromatic rings. The molecule has 0 amide bonds. The van der Waals surface area contributed by atoms with Crippen molar-refractivity contribution in [1.82, 2.24) is 9.97 Å². The Morgan fingerprint density at radius 3 is 3.00 bits per heavy atom. The van der Waals surface area contributed by atoms with E-state index < -0.39 is 5.97 Å². The van der Waals surface area contributed by atoms with Crippen LogP contribution in [0, 0.1) is 0 Å². The zero-order valence-corrected chi connectivity index (χ0v) is 11.2. The van der Waals surface area contributed by atoms with E-state index in [1.165, 1.54) is 12.3 Å². The van der Waals surface area contributed by atoms with Crippen molar-refractivity contribution in [3.05, 3.63) is 36.2 Å². The summed E-state index contributed by atoms with van der Waals surface area (Å²) in [6, 6.07) is 6.62. The predicted octanol–water partition coefficient (Wildman–Crippen LogP) is 2.17.